The summed E-state index contributed by atoms with van der Waals surface area (Å²) in [6.45, 7) is 3.34. The molecule has 2 atom stereocenters. The molecule has 1 aliphatic heterocycles. The van der Waals surface area contributed by atoms with Crippen molar-refractivity contribution < 1.29 is 9.53 Å². The first-order chi connectivity index (χ1) is 9.60. The zero-order valence-corrected chi connectivity index (χ0v) is 12.5. The van der Waals surface area contributed by atoms with Gasteiger partial charge in [-0.3, -0.25) is 4.79 Å². The van der Waals surface area contributed by atoms with E-state index >= 15 is 0 Å². The molecule has 1 aromatic carbocycles. The summed E-state index contributed by atoms with van der Waals surface area (Å²) in [6.07, 6.45) is 2.50. The van der Waals surface area contributed by atoms with Crippen LogP contribution in [-0.2, 0) is 4.79 Å². The van der Waals surface area contributed by atoms with E-state index in [1.807, 2.05) is 25.1 Å². The van der Waals surface area contributed by atoms with Crippen LogP contribution in [-0.4, -0.2) is 36.0 Å². The van der Waals surface area contributed by atoms with Gasteiger partial charge < -0.3 is 15.4 Å². The van der Waals surface area contributed by atoms with Gasteiger partial charge in [-0.05, 0) is 24.6 Å². The summed E-state index contributed by atoms with van der Waals surface area (Å²) >= 11 is 5.92. The van der Waals surface area contributed by atoms with Gasteiger partial charge in [-0.25, -0.2) is 0 Å². The molecule has 1 aliphatic rings. The van der Waals surface area contributed by atoms with Crippen LogP contribution in [0.5, 0.6) is 5.75 Å². The lowest BCUT2D eigenvalue weighted by atomic mass is 10.1. The summed E-state index contributed by atoms with van der Waals surface area (Å²) in [6, 6.07) is 6.94. The van der Waals surface area contributed by atoms with Gasteiger partial charge in [0.15, 0.2) is 0 Å². The fraction of sp³-hybridized carbons (Fsp3) is 0.533. The number of hydrogen-bond acceptors (Lipinski definition) is 3. The molecule has 2 unspecified atom stereocenters. The van der Waals surface area contributed by atoms with Crippen molar-refractivity contribution in [3.8, 4) is 5.75 Å². The minimum absolute atomic E-state index is 0.0197. The number of likely N-dealkylation sites (tertiary alicyclic amines) is 1. The van der Waals surface area contributed by atoms with E-state index in [0.717, 1.165) is 25.0 Å². The quantitative estimate of drug-likeness (QED) is 0.908. The molecule has 1 aromatic rings. The Kier molecular flexibility index (Phi) is 5.26. The molecule has 20 heavy (non-hydrogen) atoms. The Morgan fingerprint density at radius 3 is 3.10 bits per heavy atom. The highest BCUT2D eigenvalue weighted by molar-refractivity contribution is 6.30. The Hall–Kier alpha value is -1.26. The standard InChI is InChI=1S/C15H21ClN2O2/c1-2-4-14(17)15(19)18-8-7-13(10-18)20-12-6-3-5-11(16)9-12/h3,5-6,9,13-14H,2,4,7-8,10,17H2,1H3. The summed E-state index contributed by atoms with van der Waals surface area (Å²) in [7, 11) is 0. The van der Waals surface area contributed by atoms with Gasteiger partial charge in [0.2, 0.25) is 5.91 Å². The molecule has 4 nitrogen and oxygen atoms in total. The van der Waals surface area contributed by atoms with Crippen molar-refractivity contribution in [2.75, 3.05) is 13.1 Å². The smallest absolute Gasteiger partial charge is 0.239 e. The summed E-state index contributed by atoms with van der Waals surface area (Å²) < 4.78 is 5.86. The predicted molar refractivity (Wildman–Crippen MR) is 79.9 cm³/mol. The van der Waals surface area contributed by atoms with Crippen LogP contribution < -0.4 is 10.5 Å². The average Bonchev–Trinajstić information content (AvgIpc) is 2.86. The third-order valence-electron chi connectivity index (χ3n) is 3.47. The van der Waals surface area contributed by atoms with Crippen LogP contribution >= 0.6 is 11.6 Å². The minimum Gasteiger partial charge on any atom is -0.488 e. The topological polar surface area (TPSA) is 55.6 Å². The van der Waals surface area contributed by atoms with E-state index < -0.39 is 0 Å². The van der Waals surface area contributed by atoms with Crippen molar-refractivity contribution >= 4 is 17.5 Å². The molecule has 0 radical (unpaired) electrons. The number of ether oxygens (including phenoxy) is 1. The highest BCUT2D eigenvalue weighted by Gasteiger charge is 2.30. The van der Waals surface area contributed by atoms with Gasteiger partial charge in [-0.15, -0.1) is 0 Å². The maximum Gasteiger partial charge on any atom is 0.239 e. The van der Waals surface area contributed by atoms with Crippen molar-refractivity contribution in [2.24, 2.45) is 5.73 Å². The zero-order chi connectivity index (χ0) is 14.5. The molecule has 0 aliphatic carbocycles. The molecule has 5 heteroatoms. The van der Waals surface area contributed by atoms with Crippen molar-refractivity contribution in [1.29, 1.82) is 0 Å². The van der Waals surface area contributed by atoms with Gasteiger partial charge in [0, 0.05) is 18.0 Å². The van der Waals surface area contributed by atoms with E-state index in [-0.39, 0.29) is 18.1 Å². The third kappa shape index (κ3) is 3.87. The summed E-state index contributed by atoms with van der Waals surface area (Å²) in [5.41, 5.74) is 5.88. The van der Waals surface area contributed by atoms with Crippen LogP contribution in [0.1, 0.15) is 26.2 Å². The molecule has 1 fully saturated rings. The molecular formula is C15H21ClN2O2. The Labute approximate surface area is 124 Å². The molecule has 1 heterocycles. The van der Waals surface area contributed by atoms with Gasteiger partial charge in [-0.1, -0.05) is 31.0 Å². The van der Waals surface area contributed by atoms with E-state index in [1.165, 1.54) is 0 Å². The van der Waals surface area contributed by atoms with Crippen LogP contribution in [0, 0.1) is 0 Å². The second-order valence-corrected chi connectivity index (χ2v) is 5.60. The second kappa shape index (κ2) is 6.95. The number of carbonyl (C=O) groups excluding carboxylic acids is 1. The number of benzene rings is 1. The maximum atomic E-state index is 12.1. The maximum absolute atomic E-state index is 12.1. The average molecular weight is 297 g/mol. The third-order valence-corrected chi connectivity index (χ3v) is 3.71. The van der Waals surface area contributed by atoms with Crippen molar-refractivity contribution in [2.45, 2.75) is 38.3 Å². The first-order valence-corrected chi connectivity index (χ1v) is 7.44. The van der Waals surface area contributed by atoms with Crippen LogP contribution in [0.15, 0.2) is 24.3 Å². The number of amides is 1. The number of hydrogen-bond donors (Lipinski definition) is 1. The van der Waals surface area contributed by atoms with E-state index in [0.29, 0.717) is 18.1 Å². The first-order valence-electron chi connectivity index (χ1n) is 7.06. The summed E-state index contributed by atoms with van der Waals surface area (Å²) in [5.74, 6) is 0.777. The molecular weight excluding hydrogens is 276 g/mol. The Morgan fingerprint density at radius 2 is 2.40 bits per heavy atom. The van der Waals surface area contributed by atoms with Gasteiger partial charge in [-0.2, -0.15) is 0 Å². The number of nitrogens with two attached hydrogens (primary N) is 1. The van der Waals surface area contributed by atoms with Crippen LogP contribution in [0.2, 0.25) is 5.02 Å². The molecule has 2 N–H and O–H groups in total. The van der Waals surface area contributed by atoms with Crippen LogP contribution in [0.4, 0.5) is 0 Å². The number of nitrogens with zero attached hydrogens (tertiary/aromatic N) is 1. The minimum atomic E-state index is -0.384. The number of halogens is 1. The Morgan fingerprint density at radius 1 is 1.60 bits per heavy atom. The van der Waals surface area contributed by atoms with Crippen LogP contribution in [0.25, 0.3) is 0 Å². The largest absolute Gasteiger partial charge is 0.488 e. The highest BCUT2D eigenvalue weighted by Crippen LogP contribution is 2.22. The van der Waals surface area contributed by atoms with Gasteiger partial charge in [0.25, 0.3) is 0 Å². The summed E-state index contributed by atoms with van der Waals surface area (Å²) in [4.78, 5) is 13.9. The molecule has 1 saturated heterocycles. The lowest BCUT2D eigenvalue weighted by Crippen LogP contribution is -2.43. The van der Waals surface area contributed by atoms with Crippen molar-refractivity contribution in [3.63, 3.8) is 0 Å². The molecule has 0 aromatic heterocycles. The Bertz CT molecular complexity index is 467. The molecule has 0 saturated carbocycles. The highest BCUT2D eigenvalue weighted by atomic mass is 35.5. The molecule has 110 valence electrons. The molecule has 0 bridgehead atoms. The number of rotatable bonds is 5. The fourth-order valence-corrected chi connectivity index (χ4v) is 2.61. The first kappa shape index (κ1) is 15.1. The number of carbonyl (C=O) groups is 1. The van der Waals surface area contributed by atoms with Crippen LogP contribution in [0.3, 0.4) is 0 Å². The monoisotopic (exact) mass is 296 g/mol. The lowest BCUT2D eigenvalue weighted by Gasteiger charge is -2.20. The Balaban J connectivity index is 1.87. The van der Waals surface area contributed by atoms with Gasteiger partial charge >= 0.3 is 0 Å². The van der Waals surface area contributed by atoms with E-state index in [9.17, 15) is 4.79 Å². The fourth-order valence-electron chi connectivity index (χ4n) is 2.43. The molecule has 2 rings (SSSR count). The summed E-state index contributed by atoms with van der Waals surface area (Å²) in [5, 5.41) is 0.651. The lowest BCUT2D eigenvalue weighted by molar-refractivity contribution is -0.132. The predicted octanol–water partition coefficient (Wildman–Crippen LogP) is 2.45. The normalized spacial score (nSPS) is 19.9. The van der Waals surface area contributed by atoms with E-state index in [2.05, 4.69) is 0 Å². The van der Waals surface area contributed by atoms with Gasteiger partial charge in [0.05, 0.1) is 12.6 Å². The zero-order valence-electron chi connectivity index (χ0n) is 11.7. The molecule has 0 spiro atoms. The van der Waals surface area contributed by atoms with E-state index in [1.54, 1.807) is 11.0 Å². The van der Waals surface area contributed by atoms with Crippen molar-refractivity contribution in [3.05, 3.63) is 29.3 Å². The van der Waals surface area contributed by atoms with E-state index in [4.69, 9.17) is 22.1 Å². The SMILES string of the molecule is CCCC(N)C(=O)N1CCC(Oc2cccc(Cl)c2)C1. The van der Waals surface area contributed by atoms with Crippen molar-refractivity contribution in [1.82, 2.24) is 4.90 Å². The van der Waals surface area contributed by atoms with Gasteiger partial charge in [0.1, 0.15) is 11.9 Å². The second-order valence-electron chi connectivity index (χ2n) is 5.17. The molecule has 1 amide bonds.